The minimum atomic E-state index is -0.968. The Hall–Kier alpha value is -1.30. The van der Waals surface area contributed by atoms with Gasteiger partial charge in [0.25, 0.3) is 0 Å². The van der Waals surface area contributed by atoms with E-state index in [0.717, 1.165) is 19.4 Å². The Labute approximate surface area is 114 Å². The number of carboxylic acids is 1. The van der Waals surface area contributed by atoms with Crippen molar-refractivity contribution in [3.05, 3.63) is 0 Å². The first kappa shape index (κ1) is 14.1. The molecule has 2 fully saturated rings. The Morgan fingerprint density at radius 2 is 1.89 bits per heavy atom. The van der Waals surface area contributed by atoms with Crippen LogP contribution in [0.25, 0.3) is 0 Å². The first-order valence-electron chi connectivity index (χ1n) is 6.88. The van der Waals surface area contributed by atoms with Gasteiger partial charge in [0, 0.05) is 32.2 Å². The number of rotatable bonds is 2. The molecule has 6 heteroatoms. The largest absolute Gasteiger partial charge is 0.480 e. The van der Waals surface area contributed by atoms with Gasteiger partial charge in [0.15, 0.2) is 0 Å². The highest BCUT2D eigenvalue weighted by Crippen LogP contribution is 2.28. The minimum absolute atomic E-state index is 0.171. The fraction of sp³-hybridized carbons (Fsp3) is 0.846. The van der Waals surface area contributed by atoms with E-state index < -0.39 is 12.0 Å². The van der Waals surface area contributed by atoms with Gasteiger partial charge in [-0.25, -0.2) is 9.59 Å². The number of carbonyl (C=O) groups excluding carboxylic acids is 1. The summed E-state index contributed by atoms with van der Waals surface area (Å²) in [5, 5.41) is 8.98. The molecule has 108 valence electrons. The maximum absolute atomic E-state index is 12.3. The molecule has 3 unspecified atom stereocenters. The van der Waals surface area contributed by atoms with E-state index in [1.165, 1.54) is 18.2 Å². The van der Waals surface area contributed by atoms with Crippen molar-refractivity contribution in [3.8, 4) is 0 Å². The van der Waals surface area contributed by atoms with Gasteiger partial charge in [-0.3, -0.25) is 4.90 Å². The molecule has 0 aromatic heterocycles. The number of urea groups is 1. The molecule has 19 heavy (non-hydrogen) atoms. The first-order valence-corrected chi connectivity index (χ1v) is 6.88. The van der Waals surface area contributed by atoms with Gasteiger partial charge in [-0.1, -0.05) is 0 Å². The molecule has 6 nitrogen and oxygen atoms in total. The molecule has 2 saturated heterocycles. The molecule has 0 aliphatic carbocycles. The summed E-state index contributed by atoms with van der Waals surface area (Å²) in [5.41, 5.74) is 0. The molecule has 2 aliphatic heterocycles. The number of fused-ring (bicyclic) bond motifs is 2. The second-order valence-corrected chi connectivity index (χ2v) is 5.69. The van der Waals surface area contributed by atoms with Crippen LogP contribution in [0.3, 0.4) is 0 Å². The van der Waals surface area contributed by atoms with E-state index in [0.29, 0.717) is 18.6 Å². The first-order chi connectivity index (χ1) is 8.91. The minimum Gasteiger partial charge on any atom is -0.480 e. The van der Waals surface area contributed by atoms with Crippen molar-refractivity contribution >= 4 is 12.0 Å². The Bertz CT molecular complexity index is 374. The monoisotopic (exact) mass is 269 g/mol. The Kier molecular flexibility index (Phi) is 3.99. The van der Waals surface area contributed by atoms with Crippen molar-refractivity contribution < 1.29 is 14.7 Å². The van der Waals surface area contributed by atoms with Crippen LogP contribution in [0.2, 0.25) is 0 Å². The molecule has 0 spiro atoms. The van der Waals surface area contributed by atoms with Crippen LogP contribution in [0, 0.1) is 0 Å². The third-order valence-electron chi connectivity index (χ3n) is 4.66. The topological polar surface area (TPSA) is 64.1 Å². The summed E-state index contributed by atoms with van der Waals surface area (Å²) in [7, 11) is 3.69. The number of carboxylic acid groups (broad SMARTS) is 1. The number of carbonyl (C=O) groups is 2. The van der Waals surface area contributed by atoms with E-state index in [-0.39, 0.29) is 6.03 Å². The summed E-state index contributed by atoms with van der Waals surface area (Å²) in [5.74, 6) is -0.968. The second-order valence-electron chi connectivity index (χ2n) is 5.69. The van der Waals surface area contributed by atoms with Gasteiger partial charge in [-0.15, -0.1) is 0 Å². The van der Waals surface area contributed by atoms with E-state index in [4.69, 9.17) is 5.11 Å². The third kappa shape index (κ3) is 2.68. The Morgan fingerprint density at radius 3 is 2.53 bits per heavy atom. The normalized spacial score (nSPS) is 28.9. The summed E-state index contributed by atoms with van der Waals surface area (Å²) in [6, 6.07) is 0.0384. The second kappa shape index (κ2) is 5.36. The molecule has 0 radical (unpaired) electrons. The fourth-order valence-corrected chi connectivity index (χ4v) is 3.04. The highest BCUT2D eigenvalue weighted by Gasteiger charge is 2.37. The van der Waals surface area contributed by atoms with E-state index in [1.54, 1.807) is 11.9 Å². The quantitative estimate of drug-likeness (QED) is 0.800. The lowest BCUT2D eigenvalue weighted by molar-refractivity contribution is -0.141. The fourth-order valence-electron chi connectivity index (χ4n) is 3.04. The van der Waals surface area contributed by atoms with Crippen LogP contribution in [-0.4, -0.2) is 77.1 Å². The van der Waals surface area contributed by atoms with Gasteiger partial charge in [-0.2, -0.15) is 0 Å². The van der Waals surface area contributed by atoms with Crippen LogP contribution in [0.4, 0.5) is 4.79 Å². The van der Waals surface area contributed by atoms with Gasteiger partial charge in [-0.05, 0) is 33.2 Å². The predicted molar refractivity (Wildman–Crippen MR) is 71.0 cm³/mol. The zero-order valence-corrected chi connectivity index (χ0v) is 11.9. The lowest BCUT2D eigenvalue weighted by atomic mass is 10.1. The van der Waals surface area contributed by atoms with Crippen LogP contribution in [0.15, 0.2) is 0 Å². The lowest BCUT2D eigenvalue weighted by Crippen LogP contribution is -2.50. The predicted octanol–water partition coefficient (Wildman–Crippen LogP) is 0.680. The zero-order chi connectivity index (χ0) is 14.2. The van der Waals surface area contributed by atoms with E-state index in [1.807, 2.05) is 0 Å². The van der Waals surface area contributed by atoms with E-state index >= 15 is 0 Å². The van der Waals surface area contributed by atoms with Crippen molar-refractivity contribution in [2.24, 2.45) is 0 Å². The van der Waals surface area contributed by atoms with Crippen molar-refractivity contribution in [2.45, 2.75) is 44.3 Å². The molecule has 2 rings (SSSR count). The molecule has 2 bridgehead atoms. The number of hydrogen-bond acceptors (Lipinski definition) is 3. The molecule has 2 heterocycles. The molecular formula is C13H23N3O3. The van der Waals surface area contributed by atoms with Crippen molar-refractivity contribution in [3.63, 3.8) is 0 Å². The summed E-state index contributed by atoms with van der Waals surface area (Å²) in [6.45, 7) is 2.97. The molecule has 0 saturated carbocycles. The summed E-state index contributed by atoms with van der Waals surface area (Å²) >= 11 is 0. The average molecular weight is 269 g/mol. The highest BCUT2D eigenvalue weighted by molar-refractivity contribution is 5.82. The average Bonchev–Trinajstić information content (AvgIpc) is 2.60. The zero-order valence-electron chi connectivity index (χ0n) is 11.9. The van der Waals surface area contributed by atoms with Crippen LogP contribution in [-0.2, 0) is 4.79 Å². The lowest BCUT2D eigenvalue weighted by Gasteiger charge is -2.31. The van der Waals surface area contributed by atoms with Gasteiger partial charge in [0.1, 0.15) is 6.04 Å². The molecule has 3 atom stereocenters. The molecule has 1 N–H and O–H groups in total. The molecule has 0 aromatic rings. The third-order valence-corrected chi connectivity index (χ3v) is 4.66. The SMILES string of the molecule is CC(C(=O)O)N(C)C(=O)N1CCC2CCC(C1)N2C. The number of aliphatic carboxylic acids is 1. The van der Waals surface area contributed by atoms with Crippen LogP contribution < -0.4 is 0 Å². The Morgan fingerprint density at radius 1 is 1.26 bits per heavy atom. The van der Waals surface area contributed by atoms with E-state index in [2.05, 4.69) is 11.9 Å². The number of likely N-dealkylation sites (N-methyl/N-ethyl adjacent to an activating group) is 2. The van der Waals surface area contributed by atoms with Crippen molar-refractivity contribution in [1.82, 2.24) is 14.7 Å². The number of hydrogen-bond donors (Lipinski definition) is 1. The smallest absolute Gasteiger partial charge is 0.326 e. The van der Waals surface area contributed by atoms with Crippen LogP contribution >= 0.6 is 0 Å². The van der Waals surface area contributed by atoms with Gasteiger partial charge < -0.3 is 14.9 Å². The summed E-state index contributed by atoms with van der Waals surface area (Å²) < 4.78 is 0. The number of nitrogens with zero attached hydrogens (tertiary/aromatic N) is 3. The van der Waals surface area contributed by atoms with Gasteiger partial charge in [0.2, 0.25) is 0 Å². The van der Waals surface area contributed by atoms with Crippen LogP contribution in [0.1, 0.15) is 26.2 Å². The number of amides is 2. The maximum atomic E-state index is 12.3. The number of likely N-dealkylation sites (tertiary alicyclic amines) is 1. The van der Waals surface area contributed by atoms with Crippen molar-refractivity contribution in [1.29, 1.82) is 0 Å². The van der Waals surface area contributed by atoms with Crippen LogP contribution in [0.5, 0.6) is 0 Å². The van der Waals surface area contributed by atoms with Gasteiger partial charge >= 0.3 is 12.0 Å². The highest BCUT2D eigenvalue weighted by atomic mass is 16.4. The molecule has 0 aromatic carbocycles. The maximum Gasteiger partial charge on any atom is 0.326 e. The molecule has 2 amide bonds. The standard InChI is InChI=1S/C13H23N3O3/c1-9(12(17)18)14(2)13(19)16-7-6-10-4-5-11(8-16)15(10)3/h9-11H,4-8H2,1-3H3,(H,17,18). The molecule has 2 aliphatic rings. The Balaban J connectivity index is 2.02. The molecular weight excluding hydrogens is 246 g/mol. The summed E-state index contributed by atoms with van der Waals surface area (Å²) in [4.78, 5) is 28.8. The van der Waals surface area contributed by atoms with Gasteiger partial charge in [0.05, 0.1) is 0 Å². The van der Waals surface area contributed by atoms with Crippen molar-refractivity contribution in [2.75, 3.05) is 27.2 Å². The van der Waals surface area contributed by atoms with E-state index in [9.17, 15) is 9.59 Å². The summed E-state index contributed by atoms with van der Waals surface area (Å²) in [6.07, 6.45) is 3.32.